The lowest BCUT2D eigenvalue weighted by Gasteiger charge is -2.45. The molecule has 1 aromatic heterocycles. The van der Waals surface area contributed by atoms with E-state index < -0.39 is 5.54 Å². The molecule has 3 heterocycles. The zero-order valence-corrected chi connectivity index (χ0v) is 20.6. The Labute approximate surface area is 200 Å². The first-order chi connectivity index (χ1) is 16.2. The van der Waals surface area contributed by atoms with E-state index in [-0.39, 0.29) is 30.1 Å². The predicted octanol–water partition coefficient (Wildman–Crippen LogP) is 3.31. The molecule has 2 amide bonds. The minimum Gasteiger partial charge on any atom is -0.447 e. The lowest BCUT2D eigenvalue weighted by molar-refractivity contribution is -0.117. The van der Waals surface area contributed by atoms with Gasteiger partial charge in [0.25, 0.3) is 0 Å². The Kier molecular flexibility index (Phi) is 6.79. The summed E-state index contributed by atoms with van der Waals surface area (Å²) in [6.07, 6.45) is 1.50. The number of benzene rings is 1. The summed E-state index contributed by atoms with van der Waals surface area (Å²) in [6, 6.07) is 4.63. The van der Waals surface area contributed by atoms with Crippen LogP contribution in [0.2, 0.25) is 0 Å². The summed E-state index contributed by atoms with van der Waals surface area (Å²) in [5.41, 5.74) is 3.63. The van der Waals surface area contributed by atoms with Crippen LogP contribution in [-0.4, -0.2) is 64.9 Å². The molecule has 4 rings (SSSR count). The van der Waals surface area contributed by atoms with Crippen LogP contribution >= 0.6 is 0 Å². The van der Waals surface area contributed by atoms with Crippen molar-refractivity contribution in [2.45, 2.75) is 65.5 Å². The van der Waals surface area contributed by atoms with Crippen molar-refractivity contribution in [1.82, 2.24) is 20.4 Å². The van der Waals surface area contributed by atoms with E-state index in [4.69, 9.17) is 9.15 Å². The molecular weight excluding hydrogens is 436 g/mol. The van der Waals surface area contributed by atoms with Gasteiger partial charge in [0.2, 0.25) is 5.91 Å². The van der Waals surface area contributed by atoms with E-state index in [9.17, 15) is 9.59 Å². The number of hydrogen-bond acceptors (Lipinski definition) is 8. The molecular formula is C24H34N6O4. The molecule has 1 atom stereocenters. The van der Waals surface area contributed by atoms with Gasteiger partial charge < -0.3 is 19.8 Å². The molecule has 0 saturated carbocycles. The van der Waals surface area contributed by atoms with Crippen LogP contribution in [0.25, 0.3) is 0 Å². The molecule has 2 fully saturated rings. The molecule has 2 aliphatic rings. The third-order valence-corrected chi connectivity index (χ3v) is 6.42. The van der Waals surface area contributed by atoms with Crippen LogP contribution in [0, 0.1) is 13.8 Å². The van der Waals surface area contributed by atoms with Crippen molar-refractivity contribution in [3.8, 4) is 0 Å². The van der Waals surface area contributed by atoms with Crippen molar-refractivity contribution in [3.63, 3.8) is 0 Å². The van der Waals surface area contributed by atoms with E-state index in [0.717, 1.165) is 35.3 Å². The molecule has 0 spiro atoms. The van der Waals surface area contributed by atoms with Gasteiger partial charge in [-0.3, -0.25) is 14.6 Å². The highest BCUT2D eigenvalue weighted by Crippen LogP contribution is 2.31. The SMILES string of the molecule is Cc1cc(C[C@@]2(C)CNCCN2C(=O)OC(C)C)c(C)c(Nc2nnc(N3CCCC3=O)o2)c1. The number of rotatable bonds is 6. The number of carbonyl (C=O) groups is 2. The van der Waals surface area contributed by atoms with Crippen molar-refractivity contribution >= 4 is 29.7 Å². The summed E-state index contributed by atoms with van der Waals surface area (Å²) in [4.78, 5) is 28.2. The number of hydrogen-bond donors (Lipinski definition) is 2. The Morgan fingerprint density at radius 2 is 2.09 bits per heavy atom. The lowest BCUT2D eigenvalue weighted by atomic mass is 9.86. The molecule has 10 heteroatoms. The van der Waals surface area contributed by atoms with Crippen LogP contribution in [-0.2, 0) is 16.0 Å². The van der Waals surface area contributed by atoms with E-state index >= 15 is 0 Å². The lowest BCUT2D eigenvalue weighted by Crippen LogP contribution is -2.62. The van der Waals surface area contributed by atoms with Gasteiger partial charge in [0.1, 0.15) is 0 Å². The van der Waals surface area contributed by atoms with Crippen molar-refractivity contribution in [2.75, 3.05) is 36.4 Å². The van der Waals surface area contributed by atoms with Crippen molar-refractivity contribution in [3.05, 3.63) is 28.8 Å². The highest BCUT2D eigenvalue weighted by atomic mass is 16.6. The Morgan fingerprint density at radius 1 is 1.29 bits per heavy atom. The highest BCUT2D eigenvalue weighted by Gasteiger charge is 2.39. The quantitative estimate of drug-likeness (QED) is 0.661. The first-order valence-corrected chi connectivity index (χ1v) is 11.9. The van der Waals surface area contributed by atoms with E-state index in [1.165, 1.54) is 4.90 Å². The van der Waals surface area contributed by atoms with Gasteiger partial charge in [-0.15, -0.1) is 0 Å². The Balaban J connectivity index is 1.56. The first kappa shape index (κ1) is 24.0. The average Bonchev–Trinajstić information content (AvgIpc) is 3.39. The topological polar surface area (TPSA) is 113 Å². The van der Waals surface area contributed by atoms with E-state index in [1.54, 1.807) is 0 Å². The number of aromatic nitrogens is 2. The summed E-state index contributed by atoms with van der Waals surface area (Å²) in [5, 5.41) is 14.8. The van der Waals surface area contributed by atoms with Gasteiger partial charge in [0, 0.05) is 38.3 Å². The summed E-state index contributed by atoms with van der Waals surface area (Å²) in [5.74, 6) is -0.000828. The zero-order chi connectivity index (χ0) is 24.5. The monoisotopic (exact) mass is 470 g/mol. The second-order valence-corrected chi connectivity index (χ2v) is 9.69. The number of piperazine rings is 1. The normalized spacial score (nSPS) is 20.8. The largest absolute Gasteiger partial charge is 0.447 e. The summed E-state index contributed by atoms with van der Waals surface area (Å²) >= 11 is 0. The summed E-state index contributed by atoms with van der Waals surface area (Å²) in [7, 11) is 0. The molecule has 2 N–H and O–H groups in total. The van der Waals surface area contributed by atoms with E-state index in [2.05, 4.69) is 33.8 Å². The number of amides is 2. The number of nitrogens with zero attached hydrogens (tertiary/aromatic N) is 4. The summed E-state index contributed by atoms with van der Waals surface area (Å²) in [6.45, 7) is 12.5. The Morgan fingerprint density at radius 3 is 2.79 bits per heavy atom. The fraction of sp³-hybridized carbons (Fsp3) is 0.583. The molecule has 2 aliphatic heterocycles. The maximum Gasteiger partial charge on any atom is 0.410 e. The van der Waals surface area contributed by atoms with Crippen LogP contribution in [0.5, 0.6) is 0 Å². The number of ether oxygens (including phenoxy) is 1. The second kappa shape index (κ2) is 9.61. The van der Waals surface area contributed by atoms with Crippen LogP contribution in [0.3, 0.4) is 0 Å². The Hall–Kier alpha value is -3.14. The molecule has 0 bridgehead atoms. The van der Waals surface area contributed by atoms with Gasteiger partial charge in [0.05, 0.1) is 11.6 Å². The van der Waals surface area contributed by atoms with Crippen LogP contribution < -0.4 is 15.5 Å². The highest BCUT2D eigenvalue weighted by molar-refractivity contribution is 5.93. The van der Waals surface area contributed by atoms with Gasteiger partial charge in [0.15, 0.2) is 0 Å². The first-order valence-electron chi connectivity index (χ1n) is 11.9. The molecule has 184 valence electrons. The third-order valence-electron chi connectivity index (χ3n) is 6.42. The fourth-order valence-electron chi connectivity index (χ4n) is 4.65. The van der Waals surface area contributed by atoms with Gasteiger partial charge >= 0.3 is 18.1 Å². The van der Waals surface area contributed by atoms with E-state index in [1.807, 2.05) is 38.7 Å². The Bertz CT molecular complexity index is 1070. The predicted molar refractivity (Wildman–Crippen MR) is 128 cm³/mol. The van der Waals surface area contributed by atoms with Crippen molar-refractivity contribution in [1.29, 1.82) is 0 Å². The minimum atomic E-state index is -0.437. The minimum absolute atomic E-state index is 0.000828. The molecule has 0 radical (unpaired) electrons. The van der Waals surface area contributed by atoms with Crippen LogP contribution in [0.15, 0.2) is 16.5 Å². The smallest absolute Gasteiger partial charge is 0.410 e. The molecule has 2 saturated heterocycles. The average molecular weight is 471 g/mol. The number of aryl methyl sites for hydroxylation is 1. The maximum atomic E-state index is 12.8. The third kappa shape index (κ3) is 5.01. The van der Waals surface area contributed by atoms with Crippen molar-refractivity contribution < 1.29 is 18.7 Å². The molecule has 0 aliphatic carbocycles. The van der Waals surface area contributed by atoms with Gasteiger partial charge in [-0.1, -0.05) is 16.3 Å². The van der Waals surface area contributed by atoms with Gasteiger partial charge in [-0.05, 0) is 70.2 Å². The molecule has 34 heavy (non-hydrogen) atoms. The maximum absolute atomic E-state index is 12.8. The van der Waals surface area contributed by atoms with Crippen molar-refractivity contribution in [2.24, 2.45) is 0 Å². The number of carbonyl (C=O) groups excluding carboxylic acids is 2. The van der Waals surface area contributed by atoms with Gasteiger partial charge in [-0.25, -0.2) is 4.79 Å². The number of nitrogens with one attached hydrogen (secondary N) is 2. The molecule has 2 aromatic rings. The second-order valence-electron chi connectivity index (χ2n) is 9.69. The zero-order valence-electron chi connectivity index (χ0n) is 20.6. The van der Waals surface area contributed by atoms with Crippen LogP contribution in [0.1, 0.15) is 50.3 Å². The summed E-state index contributed by atoms with van der Waals surface area (Å²) < 4.78 is 11.2. The standard InChI is InChI=1S/C24H34N6O4/c1-15(2)33-23(32)30-10-8-25-14-24(30,5)13-18-11-16(3)12-19(17(18)4)26-21-27-28-22(34-21)29-9-6-7-20(29)31/h11-12,15,25H,6-10,13-14H2,1-5H3,(H,26,27)/t24-/m0/s1. The fourth-order valence-corrected chi connectivity index (χ4v) is 4.65. The molecule has 10 nitrogen and oxygen atoms in total. The molecule has 1 aromatic carbocycles. The van der Waals surface area contributed by atoms with Gasteiger partial charge in [-0.2, -0.15) is 0 Å². The van der Waals surface area contributed by atoms with E-state index in [0.29, 0.717) is 32.5 Å². The molecule has 0 unspecified atom stereocenters. The van der Waals surface area contributed by atoms with Crippen LogP contribution in [0.4, 0.5) is 22.5 Å². The number of anilines is 3.